The second-order valence-electron chi connectivity index (χ2n) is 7.91. The summed E-state index contributed by atoms with van der Waals surface area (Å²) in [7, 11) is 0. The first-order valence-electron chi connectivity index (χ1n) is 9.50. The first-order valence-corrected chi connectivity index (χ1v) is 9.50. The van der Waals surface area contributed by atoms with Gasteiger partial charge in [0.15, 0.2) is 0 Å². The zero-order valence-electron chi connectivity index (χ0n) is 15.2. The van der Waals surface area contributed by atoms with Gasteiger partial charge in [-0.1, -0.05) is 54.1 Å². The summed E-state index contributed by atoms with van der Waals surface area (Å²) < 4.78 is 13.2. The zero-order valence-corrected chi connectivity index (χ0v) is 15.2. The Bertz CT molecular complexity index is 770. The molecule has 0 saturated carbocycles. The molecule has 2 aliphatic heterocycles. The maximum absolute atomic E-state index is 13.2. The highest BCUT2D eigenvalue weighted by Gasteiger charge is 2.48. The third-order valence-electron chi connectivity index (χ3n) is 5.94. The number of aliphatic hydroxyl groups is 1. The SMILES string of the molecule is CC(=Cc1ccccc1)CN1C2CCC1CC(O)(c1ccc(F)cc1)C2. The summed E-state index contributed by atoms with van der Waals surface area (Å²) in [5, 5.41) is 11.2. The predicted octanol–water partition coefficient (Wildman–Crippen LogP) is 4.74. The molecule has 0 radical (unpaired) electrons. The van der Waals surface area contributed by atoms with Crippen molar-refractivity contribution in [3.63, 3.8) is 0 Å². The van der Waals surface area contributed by atoms with Crippen LogP contribution in [0.2, 0.25) is 0 Å². The van der Waals surface area contributed by atoms with Crippen molar-refractivity contribution in [3.8, 4) is 0 Å². The van der Waals surface area contributed by atoms with E-state index in [2.05, 4.69) is 42.2 Å². The zero-order chi connectivity index (χ0) is 18.1. The van der Waals surface area contributed by atoms with E-state index in [0.717, 1.165) is 37.8 Å². The van der Waals surface area contributed by atoms with Gasteiger partial charge in [-0.25, -0.2) is 4.39 Å². The van der Waals surface area contributed by atoms with Gasteiger partial charge in [-0.15, -0.1) is 0 Å². The standard InChI is InChI=1S/C23H26FNO/c1-17(13-18-5-3-2-4-6-18)16-25-21-11-12-22(25)15-23(26,14-21)19-7-9-20(24)10-8-19/h2-10,13,21-22,26H,11-12,14-16H2,1H3. The van der Waals surface area contributed by atoms with Gasteiger partial charge in [0, 0.05) is 18.6 Å². The van der Waals surface area contributed by atoms with Gasteiger partial charge in [0.05, 0.1) is 5.60 Å². The average molecular weight is 351 g/mol. The topological polar surface area (TPSA) is 23.5 Å². The van der Waals surface area contributed by atoms with Crippen molar-refractivity contribution in [2.75, 3.05) is 6.54 Å². The molecule has 26 heavy (non-hydrogen) atoms. The van der Waals surface area contributed by atoms with Crippen LogP contribution in [-0.2, 0) is 5.60 Å². The number of nitrogens with zero attached hydrogens (tertiary/aromatic N) is 1. The van der Waals surface area contributed by atoms with E-state index >= 15 is 0 Å². The fourth-order valence-corrected chi connectivity index (χ4v) is 4.74. The number of hydrogen-bond donors (Lipinski definition) is 1. The predicted molar refractivity (Wildman–Crippen MR) is 103 cm³/mol. The van der Waals surface area contributed by atoms with Gasteiger partial charge in [-0.3, -0.25) is 4.90 Å². The maximum atomic E-state index is 13.2. The number of rotatable bonds is 4. The molecule has 0 spiro atoms. The van der Waals surface area contributed by atoms with Crippen LogP contribution < -0.4 is 0 Å². The monoisotopic (exact) mass is 351 g/mol. The Morgan fingerprint density at radius 2 is 1.69 bits per heavy atom. The van der Waals surface area contributed by atoms with Gasteiger partial charge in [0.25, 0.3) is 0 Å². The summed E-state index contributed by atoms with van der Waals surface area (Å²) >= 11 is 0. The van der Waals surface area contributed by atoms with Crippen LogP contribution in [0, 0.1) is 5.82 Å². The Labute approximate surface area is 155 Å². The van der Waals surface area contributed by atoms with Crippen LogP contribution in [0.1, 0.15) is 43.7 Å². The number of halogens is 1. The van der Waals surface area contributed by atoms with E-state index in [1.807, 2.05) is 6.07 Å². The van der Waals surface area contributed by atoms with Crippen LogP contribution in [0.25, 0.3) is 6.08 Å². The highest BCUT2D eigenvalue weighted by atomic mass is 19.1. The Morgan fingerprint density at radius 1 is 1.08 bits per heavy atom. The minimum Gasteiger partial charge on any atom is -0.385 e. The van der Waals surface area contributed by atoms with E-state index in [1.54, 1.807) is 12.1 Å². The summed E-state index contributed by atoms with van der Waals surface area (Å²) in [6.45, 7) is 3.14. The lowest BCUT2D eigenvalue weighted by Gasteiger charge is -2.44. The summed E-state index contributed by atoms with van der Waals surface area (Å²) in [6, 6.07) is 17.6. The molecule has 2 nitrogen and oxygen atoms in total. The molecule has 2 fully saturated rings. The minimum atomic E-state index is -0.826. The van der Waals surface area contributed by atoms with E-state index in [9.17, 15) is 9.50 Å². The molecule has 3 heteroatoms. The van der Waals surface area contributed by atoms with Gasteiger partial charge in [0.2, 0.25) is 0 Å². The Kier molecular flexibility index (Phi) is 4.68. The van der Waals surface area contributed by atoms with Crippen molar-refractivity contribution in [2.45, 2.75) is 50.3 Å². The number of fused-ring (bicyclic) bond motifs is 2. The van der Waals surface area contributed by atoms with Gasteiger partial charge < -0.3 is 5.11 Å². The summed E-state index contributed by atoms with van der Waals surface area (Å²) in [4.78, 5) is 2.56. The first-order chi connectivity index (χ1) is 12.5. The normalized spacial score (nSPS) is 29.1. The van der Waals surface area contributed by atoms with Crippen molar-refractivity contribution >= 4 is 6.08 Å². The molecule has 2 aromatic rings. The lowest BCUT2D eigenvalue weighted by Crippen LogP contribution is -2.50. The van der Waals surface area contributed by atoms with Crippen molar-refractivity contribution in [3.05, 3.63) is 77.1 Å². The van der Waals surface area contributed by atoms with E-state index in [-0.39, 0.29) is 5.82 Å². The number of benzene rings is 2. The lowest BCUT2D eigenvalue weighted by molar-refractivity contribution is -0.0542. The van der Waals surface area contributed by atoms with Gasteiger partial charge in [-0.2, -0.15) is 0 Å². The maximum Gasteiger partial charge on any atom is 0.123 e. The Morgan fingerprint density at radius 3 is 2.31 bits per heavy atom. The molecule has 0 amide bonds. The van der Waals surface area contributed by atoms with Crippen LogP contribution in [0.15, 0.2) is 60.2 Å². The van der Waals surface area contributed by atoms with Crippen LogP contribution in [-0.4, -0.2) is 28.6 Å². The lowest BCUT2D eigenvalue weighted by atomic mass is 9.80. The molecule has 4 rings (SSSR count). The third kappa shape index (κ3) is 3.46. The Balaban J connectivity index is 1.49. The summed E-state index contributed by atoms with van der Waals surface area (Å²) in [5.74, 6) is -0.251. The van der Waals surface area contributed by atoms with Crippen molar-refractivity contribution in [1.29, 1.82) is 0 Å². The van der Waals surface area contributed by atoms with Crippen molar-refractivity contribution in [2.24, 2.45) is 0 Å². The fourth-order valence-electron chi connectivity index (χ4n) is 4.74. The number of piperidine rings is 1. The number of hydrogen-bond acceptors (Lipinski definition) is 2. The molecular formula is C23H26FNO. The fraction of sp³-hybridized carbons (Fsp3) is 0.391. The molecule has 0 aromatic heterocycles. The molecule has 2 aliphatic rings. The van der Waals surface area contributed by atoms with E-state index in [0.29, 0.717) is 12.1 Å². The van der Waals surface area contributed by atoms with Gasteiger partial charge >= 0.3 is 0 Å². The Hall–Kier alpha value is -1.97. The third-order valence-corrected chi connectivity index (χ3v) is 5.94. The van der Waals surface area contributed by atoms with E-state index in [4.69, 9.17) is 0 Å². The highest BCUT2D eigenvalue weighted by Crippen LogP contribution is 2.45. The highest BCUT2D eigenvalue weighted by molar-refractivity contribution is 5.52. The molecule has 2 unspecified atom stereocenters. The molecule has 0 aliphatic carbocycles. The molecule has 2 atom stereocenters. The van der Waals surface area contributed by atoms with Crippen LogP contribution in [0.4, 0.5) is 4.39 Å². The summed E-state index contributed by atoms with van der Waals surface area (Å²) in [6.07, 6.45) is 5.97. The molecule has 2 heterocycles. The van der Waals surface area contributed by atoms with E-state index in [1.165, 1.54) is 23.3 Å². The first kappa shape index (κ1) is 17.4. The quantitative estimate of drug-likeness (QED) is 0.860. The smallest absolute Gasteiger partial charge is 0.123 e. The second-order valence-corrected chi connectivity index (χ2v) is 7.91. The molecule has 136 valence electrons. The second kappa shape index (κ2) is 6.98. The van der Waals surface area contributed by atoms with Crippen molar-refractivity contribution < 1.29 is 9.50 Å². The molecular weight excluding hydrogens is 325 g/mol. The van der Waals surface area contributed by atoms with Crippen molar-refractivity contribution in [1.82, 2.24) is 4.90 Å². The molecule has 2 bridgehead atoms. The molecule has 2 saturated heterocycles. The average Bonchev–Trinajstić information content (AvgIpc) is 2.87. The van der Waals surface area contributed by atoms with Crippen LogP contribution in [0.3, 0.4) is 0 Å². The molecule has 1 N–H and O–H groups in total. The van der Waals surface area contributed by atoms with Crippen LogP contribution in [0.5, 0.6) is 0 Å². The van der Waals surface area contributed by atoms with Gasteiger partial charge in [0.1, 0.15) is 5.82 Å². The minimum absolute atomic E-state index is 0.251. The largest absolute Gasteiger partial charge is 0.385 e. The van der Waals surface area contributed by atoms with Gasteiger partial charge in [-0.05, 0) is 55.9 Å². The van der Waals surface area contributed by atoms with E-state index < -0.39 is 5.60 Å². The molecule has 2 aromatic carbocycles. The van der Waals surface area contributed by atoms with Crippen LogP contribution >= 0.6 is 0 Å². The summed E-state index contributed by atoms with van der Waals surface area (Å²) in [5.41, 5.74) is 2.61.